The topological polar surface area (TPSA) is 29.9 Å². The standard InChI is InChI=1S/C9H16FN3/c1-8-9(7-12-13(8)2)6-11-5-3-4-10/h7,11H,3-6H2,1-2H3. The van der Waals surface area contributed by atoms with Gasteiger partial charge in [0.25, 0.3) is 0 Å². The Morgan fingerprint density at radius 3 is 2.92 bits per heavy atom. The van der Waals surface area contributed by atoms with Crippen molar-refractivity contribution in [1.82, 2.24) is 15.1 Å². The summed E-state index contributed by atoms with van der Waals surface area (Å²) in [5, 5.41) is 7.28. The van der Waals surface area contributed by atoms with Crippen LogP contribution in [0.4, 0.5) is 4.39 Å². The van der Waals surface area contributed by atoms with Gasteiger partial charge in [-0.2, -0.15) is 5.10 Å². The molecule has 0 unspecified atom stereocenters. The van der Waals surface area contributed by atoms with Crippen molar-refractivity contribution < 1.29 is 4.39 Å². The van der Waals surface area contributed by atoms with Crippen molar-refractivity contribution in [2.45, 2.75) is 19.9 Å². The number of nitrogens with zero attached hydrogens (tertiary/aromatic N) is 2. The van der Waals surface area contributed by atoms with E-state index in [9.17, 15) is 4.39 Å². The highest BCUT2D eigenvalue weighted by atomic mass is 19.1. The van der Waals surface area contributed by atoms with Crippen LogP contribution in [-0.2, 0) is 13.6 Å². The summed E-state index contributed by atoms with van der Waals surface area (Å²) in [4.78, 5) is 0. The highest BCUT2D eigenvalue weighted by Crippen LogP contribution is 2.04. The second kappa shape index (κ2) is 4.97. The third-order valence-corrected chi connectivity index (χ3v) is 2.14. The van der Waals surface area contributed by atoms with Crippen molar-refractivity contribution in [3.8, 4) is 0 Å². The quantitative estimate of drug-likeness (QED) is 0.698. The lowest BCUT2D eigenvalue weighted by Crippen LogP contribution is -2.15. The van der Waals surface area contributed by atoms with Gasteiger partial charge in [0.1, 0.15) is 0 Å². The normalized spacial score (nSPS) is 10.7. The van der Waals surface area contributed by atoms with Gasteiger partial charge >= 0.3 is 0 Å². The van der Waals surface area contributed by atoms with E-state index in [-0.39, 0.29) is 6.67 Å². The van der Waals surface area contributed by atoms with Crippen LogP contribution in [-0.4, -0.2) is 23.0 Å². The average Bonchev–Trinajstić information content (AvgIpc) is 2.43. The highest BCUT2D eigenvalue weighted by molar-refractivity contribution is 5.15. The molecule has 0 aliphatic heterocycles. The Balaban J connectivity index is 2.32. The molecule has 4 heteroatoms. The van der Waals surface area contributed by atoms with Crippen LogP contribution in [0.15, 0.2) is 6.20 Å². The molecule has 0 radical (unpaired) electrons. The second-order valence-electron chi connectivity index (χ2n) is 3.10. The largest absolute Gasteiger partial charge is 0.312 e. The zero-order valence-corrected chi connectivity index (χ0v) is 8.18. The lowest BCUT2D eigenvalue weighted by molar-refractivity contribution is 0.459. The Labute approximate surface area is 77.9 Å². The summed E-state index contributed by atoms with van der Waals surface area (Å²) in [6.07, 6.45) is 2.43. The maximum atomic E-state index is 11.7. The molecule has 1 heterocycles. The third-order valence-electron chi connectivity index (χ3n) is 2.14. The first-order chi connectivity index (χ1) is 6.25. The van der Waals surface area contributed by atoms with E-state index < -0.39 is 0 Å². The van der Waals surface area contributed by atoms with Gasteiger partial charge in [-0.05, 0) is 19.9 Å². The first kappa shape index (κ1) is 10.2. The molecule has 0 spiro atoms. The predicted molar refractivity (Wildman–Crippen MR) is 50.2 cm³/mol. The zero-order chi connectivity index (χ0) is 9.68. The van der Waals surface area contributed by atoms with Crippen LogP contribution in [0.5, 0.6) is 0 Å². The van der Waals surface area contributed by atoms with Crippen LogP contribution in [0, 0.1) is 6.92 Å². The van der Waals surface area contributed by atoms with Crippen molar-refractivity contribution in [2.75, 3.05) is 13.2 Å². The van der Waals surface area contributed by atoms with E-state index in [1.54, 1.807) is 0 Å². The summed E-state index contributed by atoms with van der Waals surface area (Å²) in [5.74, 6) is 0. The summed E-state index contributed by atoms with van der Waals surface area (Å²) < 4.78 is 13.6. The molecular weight excluding hydrogens is 169 g/mol. The van der Waals surface area contributed by atoms with Crippen LogP contribution < -0.4 is 5.32 Å². The minimum atomic E-state index is -0.251. The monoisotopic (exact) mass is 185 g/mol. The Morgan fingerprint density at radius 2 is 2.38 bits per heavy atom. The maximum absolute atomic E-state index is 11.7. The van der Waals surface area contributed by atoms with E-state index in [4.69, 9.17) is 0 Å². The lowest BCUT2D eigenvalue weighted by Gasteiger charge is -2.02. The lowest BCUT2D eigenvalue weighted by atomic mass is 10.2. The number of aryl methyl sites for hydroxylation is 1. The summed E-state index contributed by atoms with van der Waals surface area (Å²) in [7, 11) is 1.92. The van der Waals surface area contributed by atoms with Gasteiger partial charge < -0.3 is 5.32 Å². The van der Waals surface area contributed by atoms with E-state index >= 15 is 0 Å². The number of hydrogen-bond acceptors (Lipinski definition) is 2. The Morgan fingerprint density at radius 1 is 1.62 bits per heavy atom. The fourth-order valence-corrected chi connectivity index (χ4v) is 1.13. The van der Waals surface area contributed by atoms with Crippen molar-refractivity contribution in [2.24, 2.45) is 7.05 Å². The van der Waals surface area contributed by atoms with E-state index in [1.165, 1.54) is 5.56 Å². The molecule has 0 bridgehead atoms. The SMILES string of the molecule is Cc1c(CNCCCF)cnn1C. The first-order valence-corrected chi connectivity index (χ1v) is 4.50. The van der Waals surface area contributed by atoms with Crippen molar-refractivity contribution in [3.63, 3.8) is 0 Å². The Hall–Kier alpha value is -0.900. The number of aromatic nitrogens is 2. The average molecular weight is 185 g/mol. The van der Waals surface area contributed by atoms with Gasteiger partial charge in [0, 0.05) is 24.8 Å². The van der Waals surface area contributed by atoms with Gasteiger partial charge in [-0.15, -0.1) is 0 Å². The van der Waals surface area contributed by atoms with Crippen LogP contribution in [0.1, 0.15) is 17.7 Å². The molecule has 0 fully saturated rings. The van der Waals surface area contributed by atoms with Crippen LogP contribution in [0.2, 0.25) is 0 Å². The molecule has 1 N–H and O–H groups in total. The van der Waals surface area contributed by atoms with E-state index in [1.807, 2.05) is 24.9 Å². The van der Waals surface area contributed by atoms with Crippen molar-refractivity contribution >= 4 is 0 Å². The Kier molecular flexibility index (Phi) is 3.89. The fourth-order valence-electron chi connectivity index (χ4n) is 1.13. The summed E-state index contributed by atoms with van der Waals surface area (Å²) in [6.45, 7) is 3.28. The molecule has 0 aliphatic rings. The smallest absolute Gasteiger partial charge is 0.0906 e. The van der Waals surface area contributed by atoms with E-state index in [0.717, 1.165) is 18.8 Å². The van der Waals surface area contributed by atoms with Gasteiger partial charge in [-0.25, -0.2) is 0 Å². The molecule has 1 rings (SSSR count). The number of hydrogen-bond donors (Lipinski definition) is 1. The summed E-state index contributed by atoms with van der Waals surface area (Å²) in [5.41, 5.74) is 2.34. The van der Waals surface area contributed by atoms with Gasteiger partial charge in [0.2, 0.25) is 0 Å². The molecule has 74 valence electrons. The van der Waals surface area contributed by atoms with Gasteiger partial charge in [-0.3, -0.25) is 9.07 Å². The molecule has 0 saturated carbocycles. The minimum absolute atomic E-state index is 0.251. The second-order valence-corrected chi connectivity index (χ2v) is 3.10. The molecule has 3 nitrogen and oxygen atoms in total. The summed E-state index contributed by atoms with van der Waals surface area (Å²) in [6, 6.07) is 0. The molecule has 1 aromatic rings. The fraction of sp³-hybridized carbons (Fsp3) is 0.667. The van der Waals surface area contributed by atoms with E-state index in [2.05, 4.69) is 10.4 Å². The molecule has 0 amide bonds. The molecule has 0 atom stereocenters. The molecule has 0 saturated heterocycles. The number of rotatable bonds is 5. The third kappa shape index (κ3) is 2.81. The zero-order valence-electron chi connectivity index (χ0n) is 8.18. The number of halogens is 1. The molecule has 0 aromatic carbocycles. The molecular formula is C9H16FN3. The van der Waals surface area contributed by atoms with Crippen LogP contribution >= 0.6 is 0 Å². The van der Waals surface area contributed by atoms with E-state index in [0.29, 0.717) is 6.42 Å². The van der Waals surface area contributed by atoms with Gasteiger partial charge in [-0.1, -0.05) is 0 Å². The minimum Gasteiger partial charge on any atom is -0.312 e. The van der Waals surface area contributed by atoms with Crippen LogP contribution in [0.25, 0.3) is 0 Å². The molecule has 13 heavy (non-hydrogen) atoms. The first-order valence-electron chi connectivity index (χ1n) is 4.50. The van der Waals surface area contributed by atoms with Gasteiger partial charge in [0.15, 0.2) is 0 Å². The molecule has 1 aromatic heterocycles. The van der Waals surface area contributed by atoms with Crippen molar-refractivity contribution in [1.29, 1.82) is 0 Å². The number of nitrogens with one attached hydrogen (secondary N) is 1. The van der Waals surface area contributed by atoms with Gasteiger partial charge in [0.05, 0.1) is 12.9 Å². The maximum Gasteiger partial charge on any atom is 0.0906 e. The summed E-state index contributed by atoms with van der Waals surface area (Å²) >= 11 is 0. The highest BCUT2D eigenvalue weighted by Gasteiger charge is 2.01. The number of alkyl halides is 1. The van der Waals surface area contributed by atoms with Crippen LogP contribution in [0.3, 0.4) is 0 Å². The predicted octanol–water partition coefficient (Wildman–Crippen LogP) is 1.18. The molecule has 0 aliphatic carbocycles. The Bertz CT molecular complexity index is 257. The van der Waals surface area contributed by atoms with Crippen molar-refractivity contribution in [3.05, 3.63) is 17.5 Å².